The molecule has 2 aromatic rings. The standard InChI is InChI=1S/C35H49N3/c1-12-35(27(11)37-34-30(24(6)7)18-14-19-31(34)25(8)9)21-15-20-32(38-35)26(10)36-33-28(22(2)3)16-13-17-29(33)23(4)5/h13-25,38H,12H2,1-11H3/t35-/m1/s1. The fraction of sp³-hybridized carbons (Fsp3) is 0.486. The molecule has 0 unspecified atom stereocenters. The average molecular weight is 512 g/mol. The summed E-state index contributed by atoms with van der Waals surface area (Å²) in [5.74, 6) is 1.64. The van der Waals surface area contributed by atoms with Gasteiger partial charge in [0.05, 0.1) is 28.3 Å². The first kappa shape index (κ1) is 29.6. The van der Waals surface area contributed by atoms with Gasteiger partial charge in [-0.1, -0.05) is 111 Å². The van der Waals surface area contributed by atoms with Crippen molar-refractivity contribution in [3.63, 3.8) is 0 Å². The van der Waals surface area contributed by atoms with E-state index >= 15 is 0 Å². The molecule has 0 saturated carbocycles. The Balaban J connectivity index is 2.06. The van der Waals surface area contributed by atoms with Crippen LogP contribution < -0.4 is 5.32 Å². The number of para-hydroxylation sites is 2. The maximum atomic E-state index is 5.36. The van der Waals surface area contributed by atoms with Gasteiger partial charge >= 0.3 is 0 Å². The van der Waals surface area contributed by atoms with Gasteiger partial charge in [0.25, 0.3) is 0 Å². The largest absolute Gasteiger partial charge is 0.370 e. The van der Waals surface area contributed by atoms with Crippen molar-refractivity contribution in [3.05, 3.63) is 82.6 Å². The molecule has 3 nitrogen and oxygen atoms in total. The molecule has 3 heteroatoms. The van der Waals surface area contributed by atoms with Crippen LogP contribution in [0.25, 0.3) is 0 Å². The van der Waals surface area contributed by atoms with Gasteiger partial charge in [-0.25, -0.2) is 0 Å². The summed E-state index contributed by atoms with van der Waals surface area (Å²) in [6.07, 6.45) is 7.47. The highest BCUT2D eigenvalue weighted by Crippen LogP contribution is 2.37. The van der Waals surface area contributed by atoms with E-state index in [2.05, 4.69) is 136 Å². The van der Waals surface area contributed by atoms with Crippen molar-refractivity contribution in [2.24, 2.45) is 9.98 Å². The minimum Gasteiger partial charge on any atom is -0.370 e. The lowest BCUT2D eigenvalue weighted by atomic mass is 9.86. The van der Waals surface area contributed by atoms with Crippen molar-refractivity contribution in [1.29, 1.82) is 0 Å². The van der Waals surface area contributed by atoms with E-state index in [1.165, 1.54) is 22.3 Å². The molecule has 38 heavy (non-hydrogen) atoms. The van der Waals surface area contributed by atoms with Gasteiger partial charge in [-0.3, -0.25) is 9.98 Å². The molecule has 0 spiro atoms. The number of hydrogen-bond acceptors (Lipinski definition) is 3. The summed E-state index contributed by atoms with van der Waals surface area (Å²) in [5, 5.41) is 3.86. The number of dihydropyridines is 1. The highest BCUT2D eigenvalue weighted by molar-refractivity contribution is 6.03. The Morgan fingerprint density at radius 2 is 1.13 bits per heavy atom. The van der Waals surface area contributed by atoms with Crippen LogP contribution in [0.1, 0.15) is 129 Å². The second-order valence-corrected chi connectivity index (χ2v) is 12.0. The first-order valence-corrected chi connectivity index (χ1v) is 14.5. The zero-order chi connectivity index (χ0) is 28.2. The van der Waals surface area contributed by atoms with E-state index in [0.29, 0.717) is 23.7 Å². The minimum absolute atomic E-state index is 0.363. The fourth-order valence-electron chi connectivity index (χ4n) is 5.29. The van der Waals surface area contributed by atoms with Gasteiger partial charge in [-0.2, -0.15) is 0 Å². The summed E-state index contributed by atoms with van der Waals surface area (Å²) in [6, 6.07) is 13.2. The number of aliphatic imine (C=N–C) groups is 2. The lowest BCUT2D eigenvalue weighted by molar-refractivity contribution is 0.557. The van der Waals surface area contributed by atoms with Gasteiger partial charge in [0.2, 0.25) is 0 Å². The van der Waals surface area contributed by atoms with E-state index < -0.39 is 0 Å². The van der Waals surface area contributed by atoms with E-state index in [1.54, 1.807) is 0 Å². The maximum absolute atomic E-state index is 5.36. The normalized spacial score (nSPS) is 18.6. The third-order valence-electron chi connectivity index (χ3n) is 7.84. The second kappa shape index (κ2) is 12.3. The van der Waals surface area contributed by atoms with Gasteiger partial charge in [0.1, 0.15) is 0 Å². The molecule has 1 aliphatic rings. The minimum atomic E-state index is -0.363. The quantitative estimate of drug-likeness (QED) is 0.334. The molecule has 204 valence electrons. The van der Waals surface area contributed by atoms with Gasteiger partial charge in [-0.05, 0) is 72.3 Å². The third kappa shape index (κ3) is 6.20. The van der Waals surface area contributed by atoms with Crippen LogP contribution in [-0.4, -0.2) is 17.0 Å². The summed E-state index contributed by atoms with van der Waals surface area (Å²) in [6.45, 7) is 24.5. The molecule has 0 amide bonds. The first-order chi connectivity index (χ1) is 17.9. The highest BCUT2D eigenvalue weighted by Gasteiger charge is 2.32. The molecule has 0 aliphatic carbocycles. The van der Waals surface area contributed by atoms with Crippen molar-refractivity contribution < 1.29 is 0 Å². The predicted octanol–water partition coefficient (Wildman–Crippen LogP) is 10.3. The van der Waals surface area contributed by atoms with E-state index in [0.717, 1.165) is 34.9 Å². The number of benzene rings is 2. The van der Waals surface area contributed by atoms with Crippen LogP contribution in [-0.2, 0) is 0 Å². The van der Waals surface area contributed by atoms with E-state index in [9.17, 15) is 0 Å². The Morgan fingerprint density at radius 3 is 1.53 bits per heavy atom. The van der Waals surface area contributed by atoms with Gasteiger partial charge in [0.15, 0.2) is 0 Å². The summed E-state index contributed by atoms with van der Waals surface area (Å²) < 4.78 is 0. The Labute approximate surface area is 232 Å². The molecule has 1 aliphatic heterocycles. The first-order valence-electron chi connectivity index (χ1n) is 14.5. The SMILES string of the molecule is CC[C@]1(C(C)=Nc2c(C(C)C)cccc2C(C)C)C=CC=C(C(C)=Nc2c(C(C)C)cccc2C(C)C)N1. The third-order valence-corrected chi connectivity index (χ3v) is 7.84. The van der Waals surface area contributed by atoms with Crippen LogP contribution in [0, 0.1) is 0 Å². The lowest BCUT2D eigenvalue weighted by Gasteiger charge is -2.35. The van der Waals surface area contributed by atoms with Crippen LogP contribution in [0.15, 0.2) is 70.3 Å². The van der Waals surface area contributed by atoms with Crippen molar-refractivity contribution in [2.75, 3.05) is 0 Å². The highest BCUT2D eigenvalue weighted by atomic mass is 15.0. The summed E-state index contributed by atoms with van der Waals surface area (Å²) in [7, 11) is 0. The van der Waals surface area contributed by atoms with Crippen molar-refractivity contribution in [1.82, 2.24) is 5.32 Å². The number of allylic oxidation sites excluding steroid dienone is 3. The van der Waals surface area contributed by atoms with Crippen LogP contribution in [0.4, 0.5) is 11.4 Å². The average Bonchev–Trinajstić information content (AvgIpc) is 2.88. The second-order valence-electron chi connectivity index (χ2n) is 12.0. The Morgan fingerprint density at radius 1 is 0.711 bits per heavy atom. The molecule has 0 bridgehead atoms. The van der Waals surface area contributed by atoms with Crippen LogP contribution >= 0.6 is 0 Å². The Bertz CT molecular complexity index is 1200. The maximum Gasteiger partial charge on any atom is 0.0940 e. The zero-order valence-corrected chi connectivity index (χ0v) is 25.6. The van der Waals surface area contributed by atoms with Crippen molar-refractivity contribution in [2.45, 2.75) is 112 Å². The topological polar surface area (TPSA) is 36.8 Å². The summed E-state index contributed by atoms with van der Waals surface area (Å²) in [5.41, 5.74) is 10.2. The van der Waals surface area contributed by atoms with E-state index in [4.69, 9.17) is 9.98 Å². The van der Waals surface area contributed by atoms with Gasteiger partial charge < -0.3 is 5.32 Å². The Hall–Kier alpha value is -2.94. The summed E-state index contributed by atoms with van der Waals surface area (Å²) >= 11 is 0. The smallest absolute Gasteiger partial charge is 0.0940 e. The number of rotatable bonds is 9. The van der Waals surface area contributed by atoms with Crippen LogP contribution in [0.5, 0.6) is 0 Å². The molecule has 1 atom stereocenters. The molecule has 0 fully saturated rings. The summed E-state index contributed by atoms with van der Waals surface area (Å²) in [4.78, 5) is 10.6. The molecule has 1 heterocycles. The fourth-order valence-corrected chi connectivity index (χ4v) is 5.29. The van der Waals surface area contributed by atoms with Crippen molar-refractivity contribution >= 4 is 22.8 Å². The van der Waals surface area contributed by atoms with Crippen LogP contribution in [0.3, 0.4) is 0 Å². The van der Waals surface area contributed by atoms with Gasteiger partial charge in [0, 0.05) is 5.71 Å². The van der Waals surface area contributed by atoms with E-state index in [-0.39, 0.29) is 5.54 Å². The monoisotopic (exact) mass is 511 g/mol. The Kier molecular flexibility index (Phi) is 9.57. The molecule has 3 rings (SSSR count). The van der Waals surface area contributed by atoms with Crippen molar-refractivity contribution in [3.8, 4) is 0 Å². The van der Waals surface area contributed by atoms with E-state index in [1.807, 2.05) is 0 Å². The zero-order valence-electron chi connectivity index (χ0n) is 25.6. The molecular weight excluding hydrogens is 462 g/mol. The number of hydrogen-bond donors (Lipinski definition) is 1. The molecule has 1 N–H and O–H groups in total. The molecule has 0 saturated heterocycles. The molecule has 2 aromatic carbocycles. The van der Waals surface area contributed by atoms with Gasteiger partial charge in [-0.15, -0.1) is 0 Å². The molecule has 0 radical (unpaired) electrons. The number of nitrogens with one attached hydrogen (secondary N) is 1. The molecule has 0 aromatic heterocycles. The predicted molar refractivity (Wildman–Crippen MR) is 168 cm³/mol. The van der Waals surface area contributed by atoms with Crippen LogP contribution in [0.2, 0.25) is 0 Å². The number of nitrogens with zero attached hydrogens (tertiary/aromatic N) is 2. The molecular formula is C35H49N3. The lowest BCUT2D eigenvalue weighted by Crippen LogP contribution is -2.50.